The number of fused-ring (bicyclic) bond motifs is 1. The second kappa shape index (κ2) is 29.6. The molecule has 3 atom stereocenters. The molecule has 3 aromatic carbocycles. The number of carbonyl (C=O) groups excluding carboxylic acids is 3. The zero-order chi connectivity index (χ0) is 48.3. The molecule has 0 aliphatic carbocycles. The number of ether oxygens (including phenoxy) is 1. The largest absolute Gasteiger partial charge is 0.510 e. The molecule has 0 saturated heterocycles. The number of azo groups is 1. The number of H-pyrrole nitrogens is 2. The number of hydrogen-bond donors (Lipinski definition) is 5. The fourth-order valence-electron chi connectivity index (χ4n) is 8.34. The van der Waals surface area contributed by atoms with Crippen molar-refractivity contribution in [2.24, 2.45) is 21.6 Å². The van der Waals surface area contributed by atoms with Gasteiger partial charge in [0.25, 0.3) is 5.91 Å². The van der Waals surface area contributed by atoms with Crippen LogP contribution in [0, 0.1) is 22.7 Å². The first kappa shape index (κ1) is 53.6. The molecule has 0 radical (unpaired) electrons. The van der Waals surface area contributed by atoms with Gasteiger partial charge in [0.2, 0.25) is 5.91 Å². The van der Waals surface area contributed by atoms with E-state index in [0.717, 1.165) is 18.4 Å². The van der Waals surface area contributed by atoms with Crippen molar-refractivity contribution in [2.45, 2.75) is 168 Å². The lowest BCUT2D eigenvalue weighted by Crippen LogP contribution is -2.23. The summed E-state index contributed by atoms with van der Waals surface area (Å²) in [7, 11) is 0. The van der Waals surface area contributed by atoms with Gasteiger partial charge in [-0.3, -0.25) is 14.4 Å². The summed E-state index contributed by atoms with van der Waals surface area (Å²) in [6.45, 7) is 7.83. The smallest absolute Gasteiger partial charge is 0.323 e. The monoisotopic (exact) mass is 918 g/mol. The molecule has 4 aromatic rings. The molecule has 0 bridgehead atoms. The van der Waals surface area contributed by atoms with Gasteiger partial charge in [0.1, 0.15) is 5.76 Å². The van der Waals surface area contributed by atoms with Gasteiger partial charge >= 0.3 is 11.7 Å². The highest BCUT2D eigenvalue weighted by atomic mass is 16.5. The number of rotatable bonds is 32. The Morgan fingerprint density at radius 2 is 1.37 bits per heavy atom. The first-order valence-corrected chi connectivity index (χ1v) is 24.8. The van der Waals surface area contributed by atoms with E-state index in [0.29, 0.717) is 60.4 Å². The molecule has 1 heterocycles. The number of hydrogen-bond acceptors (Lipinski definition) is 9. The van der Waals surface area contributed by atoms with Gasteiger partial charge in [-0.1, -0.05) is 147 Å². The second-order valence-corrected chi connectivity index (χ2v) is 18.5. The number of aromatic nitrogens is 2. The van der Waals surface area contributed by atoms with E-state index in [1.165, 1.54) is 96.8 Å². The van der Waals surface area contributed by atoms with Crippen LogP contribution in [-0.2, 0) is 19.1 Å². The highest BCUT2D eigenvalue weighted by molar-refractivity contribution is 6.04. The van der Waals surface area contributed by atoms with E-state index in [1.54, 1.807) is 42.5 Å². The maximum atomic E-state index is 13.3. The minimum absolute atomic E-state index is 0.000749. The molecular formula is C54H75N7O6. The molecule has 5 N–H and O–H groups in total. The fourth-order valence-corrected chi connectivity index (χ4v) is 8.34. The Balaban J connectivity index is 1.17. The van der Waals surface area contributed by atoms with Crippen LogP contribution in [0.3, 0.4) is 0 Å². The van der Waals surface area contributed by atoms with Crippen LogP contribution in [0.2, 0.25) is 0 Å². The molecule has 2 amide bonds. The van der Waals surface area contributed by atoms with Gasteiger partial charge in [-0.05, 0) is 93.8 Å². The third-order valence-corrected chi connectivity index (χ3v) is 12.5. The van der Waals surface area contributed by atoms with E-state index >= 15 is 0 Å². The van der Waals surface area contributed by atoms with E-state index in [9.17, 15) is 29.5 Å². The number of benzene rings is 3. The van der Waals surface area contributed by atoms with Crippen molar-refractivity contribution in [3.05, 3.63) is 100 Å². The number of imidazole rings is 1. The van der Waals surface area contributed by atoms with Crippen LogP contribution >= 0.6 is 0 Å². The number of allylic oxidation sites excluding steroid dienone is 1. The SMILES string of the molecule is CCCCCCCCCCCCCCCCCCOC(=O)C(C)CCC(CC(C)(C#N)CCC(=O)Nc1cccc(NC(=O)C(N=Nc2ccc3[nH]c(=O)[nH]c3c2)=C(C)O)c1)c1ccccc1. The maximum Gasteiger partial charge on any atom is 0.323 e. The molecule has 0 fully saturated rings. The van der Waals surface area contributed by atoms with Crippen LogP contribution in [-0.4, -0.2) is 39.5 Å². The molecule has 13 nitrogen and oxygen atoms in total. The molecule has 3 unspecified atom stereocenters. The number of esters is 1. The van der Waals surface area contributed by atoms with Crippen LogP contribution in [0.1, 0.15) is 174 Å². The van der Waals surface area contributed by atoms with Gasteiger partial charge in [-0.15, -0.1) is 5.11 Å². The minimum atomic E-state index is -0.825. The lowest BCUT2D eigenvalue weighted by Gasteiger charge is -2.28. The third-order valence-electron chi connectivity index (χ3n) is 12.5. The molecule has 0 spiro atoms. The summed E-state index contributed by atoms with van der Waals surface area (Å²) in [6, 6.07) is 23.9. The standard InChI is InChI=1S/C54H75N7O6/c1-5-6-7-8-9-10-11-12-13-14-15-16-17-18-19-23-35-67-52(65)40(2)29-30-43(42-25-21-20-22-26-42)38-54(4,39-55)34-33-49(63)56-44-27-24-28-45(36-44)57-51(64)50(41(3)62)61-60-46-31-32-47-48(37-46)59-53(66)58-47/h20-22,24-28,31-32,36-37,40,43,62H,5-19,23,29-30,33-35,38H2,1-4H3,(H,56,63)(H,57,64)(H2,58,59,66). The number of aliphatic hydroxyl groups excluding tert-OH is 1. The predicted octanol–water partition coefficient (Wildman–Crippen LogP) is 14.0. The van der Waals surface area contributed by atoms with E-state index < -0.39 is 11.3 Å². The number of nitriles is 1. The molecule has 4 rings (SSSR count). The highest BCUT2D eigenvalue weighted by Crippen LogP contribution is 2.39. The highest BCUT2D eigenvalue weighted by Gasteiger charge is 2.30. The Morgan fingerprint density at radius 3 is 1.99 bits per heavy atom. The van der Waals surface area contributed by atoms with E-state index in [1.807, 2.05) is 32.0 Å². The van der Waals surface area contributed by atoms with E-state index in [-0.39, 0.29) is 47.3 Å². The normalized spacial score (nSPS) is 13.7. The van der Waals surface area contributed by atoms with E-state index in [2.05, 4.69) is 56.0 Å². The number of unbranched alkanes of at least 4 members (excludes halogenated alkanes) is 15. The molecular weight excluding hydrogens is 843 g/mol. The number of nitrogens with zero attached hydrogens (tertiary/aromatic N) is 3. The second-order valence-electron chi connectivity index (χ2n) is 18.5. The van der Waals surface area contributed by atoms with Crippen molar-refractivity contribution in [3.63, 3.8) is 0 Å². The molecule has 0 aliphatic heterocycles. The molecule has 13 heteroatoms. The van der Waals surface area contributed by atoms with Crippen LogP contribution in [0.25, 0.3) is 11.0 Å². The molecule has 0 saturated carbocycles. The molecule has 362 valence electrons. The van der Waals surface area contributed by atoms with Crippen LogP contribution < -0.4 is 16.3 Å². The fraction of sp³-hybridized carbons (Fsp3) is 0.537. The lowest BCUT2D eigenvalue weighted by molar-refractivity contribution is -0.148. The zero-order valence-electron chi connectivity index (χ0n) is 40.5. The minimum Gasteiger partial charge on any atom is -0.510 e. The topological polar surface area (TPSA) is 202 Å². The first-order chi connectivity index (χ1) is 32.4. The Labute approximate surface area is 397 Å². The molecule has 67 heavy (non-hydrogen) atoms. The summed E-state index contributed by atoms with van der Waals surface area (Å²) in [6.07, 6.45) is 23.0. The Morgan fingerprint density at radius 1 is 0.776 bits per heavy atom. The number of carbonyl (C=O) groups is 3. The van der Waals surface area contributed by atoms with Crippen LogP contribution in [0.4, 0.5) is 17.1 Å². The summed E-state index contributed by atoms with van der Waals surface area (Å²) >= 11 is 0. The summed E-state index contributed by atoms with van der Waals surface area (Å²) in [5.41, 5.74) is 1.80. The maximum absolute atomic E-state index is 13.3. The Hall–Kier alpha value is -6.03. The molecule has 1 aromatic heterocycles. The predicted molar refractivity (Wildman–Crippen MR) is 268 cm³/mol. The van der Waals surface area contributed by atoms with E-state index in [4.69, 9.17) is 4.74 Å². The quantitative estimate of drug-likeness (QED) is 0.0105. The summed E-state index contributed by atoms with van der Waals surface area (Å²) in [4.78, 5) is 56.3. The molecule has 0 aliphatic rings. The van der Waals surface area contributed by atoms with Gasteiger partial charge in [-0.2, -0.15) is 10.4 Å². The van der Waals surface area contributed by atoms with Gasteiger partial charge in [0.05, 0.1) is 40.7 Å². The van der Waals surface area contributed by atoms with Crippen LogP contribution in [0.15, 0.2) is 99.3 Å². The van der Waals surface area contributed by atoms with Gasteiger partial charge < -0.3 is 30.4 Å². The summed E-state index contributed by atoms with van der Waals surface area (Å²) in [5.74, 6) is -1.82. The van der Waals surface area contributed by atoms with Gasteiger partial charge in [0, 0.05) is 17.8 Å². The number of aromatic amines is 2. The number of amides is 2. The average molecular weight is 918 g/mol. The average Bonchev–Trinajstić information content (AvgIpc) is 3.70. The number of aliphatic hydroxyl groups is 1. The van der Waals surface area contributed by atoms with Crippen molar-refractivity contribution in [1.82, 2.24) is 9.97 Å². The summed E-state index contributed by atoms with van der Waals surface area (Å²) < 4.78 is 5.69. The van der Waals surface area contributed by atoms with Gasteiger partial charge in [-0.25, -0.2) is 4.79 Å². The Bertz CT molecular complexity index is 2290. The van der Waals surface area contributed by atoms with Crippen molar-refractivity contribution in [2.75, 3.05) is 17.2 Å². The zero-order valence-corrected chi connectivity index (χ0v) is 40.5. The van der Waals surface area contributed by atoms with Crippen molar-refractivity contribution in [1.29, 1.82) is 5.26 Å². The van der Waals surface area contributed by atoms with Crippen molar-refractivity contribution in [3.8, 4) is 6.07 Å². The first-order valence-electron chi connectivity index (χ1n) is 24.8. The van der Waals surface area contributed by atoms with Gasteiger partial charge in [0.15, 0.2) is 5.70 Å². The number of nitrogens with one attached hydrogen (secondary N) is 4. The van der Waals surface area contributed by atoms with Crippen molar-refractivity contribution >= 4 is 45.9 Å². The lowest BCUT2D eigenvalue weighted by atomic mass is 9.74. The van der Waals surface area contributed by atoms with Crippen molar-refractivity contribution < 1.29 is 24.2 Å². The number of anilines is 2. The summed E-state index contributed by atoms with van der Waals surface area (Å²) in [5, 5.41) is 34.2. The Kier molecular flexibility index (Phi) is 23.7. The van der Waals surface area contributed by atoms with Crippen LogP contribution in [0.5, 0.6) is 0 Å². The third kappa shape index (κ3) is 20.2.